The van der Waals surface area contributed by atoms with E-state index >= 15 is 0 Å². The summed E-state index contributed by atoms with van der Waals surface area (Å²) in [6, 6.07) is 9.10. The second-order valence-electron chi connectivity index (χ2n) is 9.79. The molecular weight excluding hydrogens is 531 g/mol. The maximum Gasteiger partial charge on any atom is 0.191 e. The first-order valence-electron chi connectivity index (χ1n) is 14.8. The van der Waals surface area contributed by atoms with E-state index in [2.05, 4.69) is 20.8 Å². The van der Waals surface area contributed by atoms with Crippen LogP contribution in [-0.2, 0) is 0 Å². The molecule has 0 aliphatic rings. The van der Waals surface area contributed by atoms with Crippen molar-refractivity contribution in [3.05, 3.63) is 40.9 Å². The first-order chi connectivity index (χ1) is 19.0. The zero-order valence-corrected chi connectivity index (χ0v) is 26.2. The summed E-state index contributed by atoms with van der Waals surface area (Å²) < 4.78 is 24.2. The summed E-state index contributed by atoms with van der Waals surface area (Å²) in [6.07, 6.45) is 13.4. The molecule has 2 aromatic rings. The fourth-order valence-electron chi connectivity index (χ4n) is 4.21. The maximum atomic E-state index is 13.6. The van der Waals surface area contributed by atoms with Crippen LogP contribution in [-0.4, -0.2) is 32.5 Å². The van der Waals surface area contributed by atoms with E-state index < -0.39 is 0 Å². The number of hydrogen-bond acceptors (Lipinski definition) is 5. The van der Waals surface area contributed by atoms with Gasteiger partial charge in [0, 0.05) is 12.1 Å². The van der Waals surface area contributed by atoms with Crippen LogP contribution < -0.4 is 24.3 Å². The van der Waals surface area contributed by atoms with Gasteiger partial charge in [-0.1, -0.05) is 96.2 Å². The fraction of sp³-hybridized carbons (Fsp3) is 0.594. The minimum atomic E-state index is -0.237. The van der Waals surface area contributed by atoms with Crippen molar-refractivity contribution in [3.8, 4) is 23.0 Å². The Hall–Kier alpha value is -1.97. The molecule has 0 fully saturated rings. The van der Waals surface area contributed by atoms with Crippen molar-refractivity contribution in [2.45, 2.75) is 97.8 Å². The molecule has 0 aromatic heterocycles. The third-order valence-electron chi connectivity index (χ3n) is 6.48. The van der Waals surface area contributed by atoms with Gasteiger partial charge in [0.15, 0.2) is 5.52 Å². The van der Waals surface area contributed by atoms with Crippen molar-refractivity contribution in [1.29, 1.82) is 0 Å². The quantitative estimate of drug-likeness (QED) is 0.103. The van der Waals surface area contributed by atoms with Crippen LogP contribution in [0.3, 0.4) is 0 Å². The van der Waals surface area contributed by atoms with E-state index in [-0.39, 0.29) is 14.1 Å². The molecule has 0 aliphatic heterocycles. The van der Waals surface area contributed by atoms with Crippen LogP contribution in [0.2, 0.25) is 5.02 Å². The average Bonchev–Trinajstić information content (AvgIpc) is 2.93. The molecule has 7 heteroatoms. The number of carbonyl (C=O) groups is 1. The molecule has 0 radical (unpaired) electrons. The zero-order chi connectivity index (χ0) is 28.3. The second-order valence-corrected chi connectivity index (χ2v) is 11.4. The predicted molar refractivity (Wildman–Crippen MR) is 166 cm³/mol. The molecule has 0 saturated carbocycles. The third-order valence-corrected chi connectivity index (χ3v) is 8.01. The van der Waals surface area contributed by atoms with Gasteiger partial charge in [0.2, 0.25) is 0 Å². The Morgan fingerprint density at radius 1 is 0.718 bits per heavy atom. The number of hydrogen-bond donors (Lipinski definition) is 0. The average molecular weight is 579 g/mol. The van der Waals surface area contributed by atoms with Gasteiger partial charge >= 0.3 is 0 Å². The van der Waals surface area contributed by atoms with Crippen LogP contribution in [0.1, 0.15) is 108 Å². The highest BCUT2D eigenvalue weighted by Crippen LogP contribution is 2.38. The van der Waals surface area contributed by atoms with Crippen LogP contribution in [0.25, 0.3) is 0 Å². The van der Waals surface area contributed by atoms with E-state index in [9.17, 15) is 4.79 Å². The van der Waals surface area contributed by atoms with Gasteiger partial charge in [-0.15, -0.1) is 0 Å². The van der Waals surface area contributed by atoms with Gasteiger partial charge in [-0.25, -0.2) is 0 Å². The van der Waals surface area contributed by atoms with E-state index in [1.54, 1.807) is 25.3 Å². The molecule has 0 N–H and O–H groups in total. The minimum absolute atomic E-state index is 0.114. The Labute approximate surface area is 243 Å². The van der Waals surface area contributed by atoms with E-state index in [0.717, 1.165) is 62.4 Å². The number of ether oxygens (including phenoxy) is 4. The lowest BCUT2D eigenvalue weighted by Gasteiger charge is -2.19. The van der Waals surface area contributed by atoms with Crippen molar-refractivity contribution < 1.29 is 23.7 Å². The molecule has 2 aromatic carbocycles. The molecule has 39 heavy (non-hydrogen) atoms. The van der Waals surface area contributed by atoms with Gasteiger partial charge in [0.05, 0.1) is 42.8 Å². The SMILES string of the molecule is CCCCCCOc1cc(OCCCCCC)c(PC(=O)c2c(Cl)cccc2OC)c(OCCCCCC)c1. The zero-order valence-electron chi connectivity index (χ0n) is 24.4. The summed E-state index contributed by atoms with van der Waals surface area (Å²) in [4.78, 5) is 13.6. The summed E-state index contributed by atoms with van der Waals surface area (Å²) in [5.74, 6) is 2.49. The molecule has 0 bridgehead atoms. The first kappa shape index (κ1) is 33.2. The highest BCUT2D eigenvalue weighted by atomic mass is 35.5. The minimum Gasteiger partial charge on any atom is -0.496 e. The van der Waals surface area contributed by atoms with Crippen molar-refractivity contribution in [2.24, 2.45) is 0 Å². The Morgan fingerprint density at radius 2 is 1.23 bits per heavy atom. The van der Waals surface area contributed by atoms with Gasteiger partial charge in [0.1, 0.15) is 23.0 Å². The lowest BCUT2D eigenvalue weighted by molar-refractivity contribution is 0.108. The number of benzene rings is 2. The van der Waals surface area contributed by atoms with Crippen molar-refractivity contribution in [2.75, 3.05) is 26.9 Å². The van der Waals surface area contributed by atoms with E-state index in [0.29, 0.717) is 47.7 Å². The Bertz CT molecular complexity index is 946. The van der Waals surface area contributed by atoms with Crippen molar-refractivity contribution in [1.82, 2.24) is 0 Å². The van der Waals surface area contributed by atoms with Crippen LogP contribution in [0, 0.1) is 0 Å². The lowest BCUT2D eigenvalue weighted by Crippen LogP contribution is -2.14. The summed E-state index contributed by atoms with van der Waals surface area (Å²) >= 11 is 6.45. The number of methoxy groups -OCH3 is 1. The summed E-state index contributed by atoms with van der Waals surface area (Å²) in [6.45, 7) is 8.39. The summed E-state index contributed by atoms with van der Waals surface area (Å²) in [5, 5.41) is 1.13. The molecular formula is C32H48ClO5P. The van der Waals surface area contributed by atoms with Gasteiger partial charge in [-0.05, 0) is 40.0 Å². The van der Waals surface area contributed by atoms with Crippen molar-refractivity contribution in [3.63, 3.8) is 0 Å². The molecule has 0 spiro atoms. The normalized spacial score (nSPS) is 11.2. The second kappa shape index (κ2) is 20.0. The molecule has 2 rings (SSSR count). The number of carbonyl (C=O) groups excluding carboxylic acids is 1. The van der Waals surface area contributed by atoms with Crippen LogP contribution >= 0.6 is 20.2 Å². The number of unbranched alkanes of at least 4 members (excludes halogenated alkanes) is 9. The largest absolute Gasteiger partial charge is 0.496 e. The van der Waals surface area contributed by atoms with E-state index in [4.69, 9.17) is 30.5 Å². The van der Waals surface area contributed by atoms with E-state index in [1.807, 2.05) is 12.1 Å². The van der Waals surface area contributed by atoms with Crippen LogP contribution in [0.4, 0.5) is 0 Å². The van der Waals surface area contributed by atoms with Gasteiger partial charge in [-0.2, -0.15) is 0 Å². The van der Waals surface area contributed by atoms with Gasteiger partial charge in [0.25, 0.3) is 0 Å². The van der Waals surface area contributed by atoms with Crippen LogP contribution in [0.15, 0.2) is 30.3 Å². The number of rotatable bonds is 22. The van der Waals surface area contributed by atoms with Gasteiger partial charge < -0.3 is 18.9 Å². The molecule has 218 valence electrons. The Balaban J connectivity index is 2.37. The molecule has 0 saturated heterocycles. The smallest absolute Gasteiger partial charge is 0.191 e. The summed E-state index contributed by atoms with van der Waals surface area (Å²) in [7, 11) is 1.31. The third kappa shape index (κ3) is 12.0. The molecule has 1 atom stereocenters. The fourth-order valence-corrected chi connectivity index (χ4v) is 5.69. The first-order valence-corrected chi connectivity index (χ1v) is 16.1. The Morgan fingerprint density at radius 3 is 1.72 bits per heavy atom. The standard InChI is InChI=1S/C32H48ClO5P/c1-5-8-11-14-20-36-25-23-28(37-21-15-12-9-6-2)31(29(24-25)38-22-16-13-10-7-3)39-32(34)30-26(33)18-17-19-27(30)35-4/h17-19,23-24,39H,5-16,20-22H2,1-4H3. The van der Waals surface area contributed by atoms with Gasteiger partial charge in [-0.3, -0.25) is 4.79 Å². The van der Waals surface area contributed by atoms with Crippen LogP contribution in [0.5, 0.6) is 23.0 Å². The summed E-state index contributed by atoms with van der Waals surface area (Å²) in [5.41, 5.74) is 0.274. The van der Waals surface area contributed by atoms with E-state index in [1.165, 1.54) is 25.7 Å². The number of halogens is 1. The molecule has 0 amide bonds. The predicted octanol–water partition coefficient (Wildman–Crippen LogP) is 9.37. The molecule has 5 nitrogen and oxygen atoms in total. The molecule has 1 unspecified atom stereocenters. The molecule has 0 heterocycles. The monoisotopic (exact) mass is 578 g/mol. The Kier molecular flexibility index (Phi) is 17.0. The highest BCUT2D eigenvalue weighted by Gasteiger charge is 2.23. The van der Waals surface area contributed by atoms with Crippen molar-refractivity contribution >= 4 is 31.0 Å². The molecule has 0 aliphatic carbocycles. The topological polar surface area (TPSA) is 54.0 Å². The highest BCUT2D eigenvalue weighted by molar-refractivity contribution is 7.66. The maximum absolute atomic E-state index is 13.6. The lowest BCUT2D eigenvalue weighted by atomic mass is 10.2.